The van der Waals surface area contributed by atoms with Crippen LogP contribution in [0.15, 0.2) is 66.2 Å². The number of hydrogen-bond donors (Lipinski definition) is 0. The Hall–Kier alpha value is -2.35. The third-order valence-corrected chi connectivity index (χ3v) is 3.88. The molecule has 0 fully saturated rings. The van der Waals surface area contributed by atoms with Gasteiger partial charge in [-0.15, -0.1) is 0 Å². The summed E-state index contributed by atoms with van der Waals surface area (Å²) in [6.07, 6.45) is 2.88. The fourth-order valence-electron chi connectivity index (χ4n) is 2.21. The fourth-order valence-corrected chi connectivity index (χ4v) is 2.21. The summed E-state index contributed by atoms with van der Waals surface area (Å²) in [7, 11) is 1.62. The van der Waals surface area contributed by atoms with E-state index in [0.29, 0.717) is 0 Å². The fraction of sp³-hybridized carbons (Fsp3) is 0.423. The van der Waals surface area contributed by atoms with Crippen LogP contribution in [0.5, 0.6) is 5.75 Å². The van der Waals surface area contributed by atoms with Crippen LogP contribution in [0, 0.1) is 5.92 Å². The van der Waals surface area contributed by atoms with Crippen molar-refractivity contribution in [3.8, 4) is 5.75 Å². The zero-order valence-electron chi connectivity index (χ0n) is 19.0. The Labute approximate surface area is 172 Å². The van der Waals surface area contributed by atoms with Gasteiger partial charge in [0.1, 0.15) is 5.75 Å². The predicted molar refractivity (Wildman–Crippen MR) is 122 cm³/mol. The number of ether oxygens (including phenoxy) is 1. The summed E-state index contributed by atoms with van der Waals surface area (Å²) in [4.78, 5) is 12.5. The summed E-state index contributed by atoms with van der Waals surface area (Å²) in [5.74, 6) is 1.69. The van der Waals surface area contributed by atoms with Crippen molar-refractivity contribution in [1.82, 2.24) is 0 Å². The van der Waals surface area contributed by atoms with E-state index in [-0.39, 0.29) is 11.7 Å². The van der Waals surface area contributed by atoms with E-state index in [1.165, 1.54) is 5.57 Å². The van der Waals surface area contributed by atoms with Crippen LogP contribution in [-0.2, 0) is 0 Å². The van der Waals surface area contributed by atoms with Crippen molar-refractivity contribution < 1.29 is 9.53 Å². The van der Waals surface area contributed by atoms with E-state index in [1.54, 1.807) is 7.11 Å². The van der Waals surface area contributed by atoms with Crippen LogP contribution in [0.3, 0.4) is 0 Å². The number of allylic oxidation sites excluding steroid dienone is 2. The minimum absolute atomic E-state index is 0.0744. The molecule has 1 unspecified atom stereocenters. The van der Waals surface area contributed by atoms with Crippen LogP contribution in [-0.4, -0.2) is 12.9 Å². The summed E-state index contributed by atoms with van der Waals surface area (Å²) in [5.41, 5.74) is 3.19. The zero-order chi connectivity index (χ0) is 21.5. The highest BCUT2D eigenvalue weighted by molar-refractivity contribution is 6.01. The minimum Gasteiger partial charge on any atom is -0.497 e. The van der Waals surface area contributed by atoms with Crippen molar-refractivity contribution in [3.63, 3.8) is 0 Å². The quantitative estimate of drug-likeness (QED) is 0.391. The van der Waals surface area contributed by atoms with Crippen molar-refractivity contribution >= 4 is 5.78 Å². The van der Waals surface area contributed by atoms with Gasteiger partial charge < -0.3 is 4.74 Å². The molecule has 0 aliphatic rings. The number of carbonyl (C=O) groups is 1. The Bertz CT molecular complexity index is 675. The normalized spacial score (nSPS) is 10.6. The van der Waals surface area contributed by atoms with Gasteiger partial charge in [0, 0.05) is 11.5 Å². The van der Waals surface area contributed by atoms with Crippen LogP contribution < -0.4 is 4.74 Å². The molecule has 2 nitrogen and oxygen atoms in total. The van der Waals surface area contributed by atoms with Crippen molar-refractivity contribution in [1.29, 1.82) is 0 Å². The first kappa shape index (κ1) is 25.7. The molecule has 0 heterocycles. The molecule has 2 aromatic rings. The average Bonchev–Trinajstić information content (AvgIpc) is 2.69. The molecule has 2 aromatic carbocycles. The second-order valence-corrected chi connectivity index (χ2v) is 7.56. The summed E-state index contributed by atoms with van der Waals surface area (Å²) < 4.78 is 5.11. The molecule has 0 saturated heterocycles. The molecule has 1 atom stereocenters. The molecule has 0 aliphatic heterocycles. The summed E-state index contributed by atoms with van der Waals surface area (Å²) in [5, 5.41) is 0. The van der Waals surface area contributed by atoms with Crippen LogP contribution in [0.1, 0.15) is 76.7 Å². The lowest BCUT2D eigenvalue weighted by atomic mass is 9.89. The summed E-state index contributed by atoms with van der Waals surface area (Å²) >= 11 is 0. The first-order valence-electron chi connectivity index (χ1n) is 10.1. The lowest BCUT2D eigenvalue weighted by Gasteiger charge is -2.14. The number of rotatable bonds is 5. The Morgan fingerprint density at radius 1 is 0.964 bits per heavy atom. The highest BCUT2D eigenvalue weighted by Gasteiger charge is 2.19. The van der Waals surface area contributed by atoms with Gasteiger partial charge in [-0.1, -0.05) is 69.7 Å². The molecule has 0 amide bonds. The van der Waals surface area contributed by atoms with Crippen LogP contribution in [0.4, 0.5) is 0 Å². The molecule has 0 aliphatic carbocycles. The van der Waals surface area contributed by atoms with Crippen LogP contribution in [0.25, 0.3) is 0 Å². The number of methoxy groups -OCH3 is 1. The minimum atomic E-state index is -0.0744. The van der Waals surface area contributed by atoms with E-state index < -0.39 is 0 Å². The number of carbonyl (C=O) groups excluding carboxylic acids is 1. The largest absolute Gasteiger partial charge is 0.497 e. The Morgan fingerprint density at radius 3 is 1.79 bits per heavy atom. The van der Waals surface area contributed by atoms with Gasteiger partial charge in [0.25, 0.3) is 0 Å². The van der Waals surface area contributed by atoms with Gasteiger partial charge in [0.15, 0.2) is 5.78 Å². The number of Topliss-reactive ketones (excluding diaryl/α,β-unsaturated/α-hetero) is 1. The van der Waals surface area contributed by atoms with Gasteiger partial charge in [-0.3, -0.25) is 4.79 Å². The van der Waals surface area contributed by atoms with Gasteiger partial charge in [0.05, 0.1) is 7.11 Å². The molecular formula is C26H38O2. The molecular weight excluding hydrogens is 344 g/mol. The second kappa shape index (κ2) is 14.7. The second-order valence-electron chi connectivity index (χ2n) is 7.56. The van der Waals surface area contributed by atoms with E-state index in [9.17, 15) is 4.79 Å². The molecule has 2 rings (SSSR count). The molecule has 0 bridgehead atoms. The van der Waals surface area contributed by atoms with Gasteiger partial charge in [0.2, 0.25) is 0 Å². The Kier molecular flexibility index (Phi) is 13.4. The third-order valence-electron chi connectivity index (χ3n) is 3.88. The predicted octanol–water partition coefficient (Wildman–Crippen LogP) is 7.71. The highest BCUT2D eigenvalue weighted by atomic mass is 16.5. The van der Waals surface area contributed by atoms with Gasteiger partial charge >= 0.3 is 0 Å². The zero-order valence-corrected chi connectivity index (χ0v) is 19.0. The monoisotopic (exact) mass is 382 g/mol. The Morgan fingerprint density at radius 2 is 1.43 bits per heavy atom. The van der Waals surface area contributed by atoms with Gasteiger partial charge in [-0.2, -0.15) is 0 Å². The highest BCUT2D eigenvalue weighted by Crippen LogP contribution is 2.25. The SMILES string of the molecule is CC(C)C.CC=C(C)C.CCC(C(=O)c1ccc(OC)cc1)c1ccccc1. The van der Waals surface area contributed by atoms with Gasteiger partial charge in [-0.25, -0.2) is 0 Å². The molecule has 2 heteroatoms. The van der Waals surface area contributed by atoms with E-state index in [0.717, 1.165) is 29.2 Å². The first-order valence-corrected chi connectivity index (χ1v) is 10.1. The van der Waals surface area contributed by atoms with Crippen molar-refractivity contribution in [2.24, 2.45) is 5.92 Å². The Balaban J connectivity index is 0.000000681. The summed E-state index contributed by atoms with van der Waals surface area (Å²) in [6, 6.07) is 17.2. The molecule has 28 heavy (non-hydrogen) atoms. The smallest absolute Gasteiger partial charge is 0.170 e. The lowest BCUT2D eigenvalue weighted by molar-refractivity contribution is 0.0957. The van der Waals surface area contributed by atoms with Crippen molar-refractivity contribution in [2.45, 2.75) is 60.8 Å². The summed E-state index contributed by atoms with van der Waals surface area (Å²) in [6.45, 7) is 14.7. The first-order chi connectivity index (χ1) is 13.3. The maximum atomic E-state index is 12.5. The molecule has 0 radical (unpaired) electrons. The van der Waals surface area contributed by atoms with E-state index in [4.69, 9.17) is 4.74 Å². The molecule has 154 valence electrons. The maximum absolute atomic E-state index is 12.5. The van der Waals surface area contributed by atoms with Crippen LogP contribution in [0.2, 0.25) is 0 Å². The van der Waals surface area contributed by atoms with Gasteiger partial charge in [-0.05, 0) is 62.9 Å². The van der Waals surface area contributed by atoms with Crippen molar-refractivity contribution in [2.75, 3.05) is 7.11 Å². The average molecular weight is 383 g/mol. The van der Waals surface area contributed by atoms with E-state index in [1.807, 2.05) is 68.4 Å². The molecule has 0 aromatic heterocycles. The topological polar surface area (TPSA) is 26.3 Å². The third kappa shape index (κ3) is 10.7. The van der Waals surface area contributed by atoms with Crippen LogP contribution >= 0.6 is 0 Å². The number of ketones is 1. The van der Waals surface area contributed by atoms with E-state index in [2.05, 4.69) is 40.7 Å². The maximum Gasteiger partial charge on any atom is 0.170 e. The number of hydrogen-bond acceptors (Lipinski definition) is 2. The number of benzene rings is 2. The van der Waals surface area contributed by atoms with Crippen molar-refractivity contribution in [3.05, 3.63) is 77.4 Å². The van der Waals surface area contributed by atoms with E-state index >= 15 is 0 Å². The molecule has 0 spiro atoms. The standard InChI is InChI=1S/C17H18O2.C5H10.C4H10/c1-3-16(13-7-5-4-6-8-13)17(18)14-9-11-15(19-2)12-10-14;1-4-5(2)3;1-4(2)3/h4-12,16H,3H2,1-2H3;4H,1-3H3;4H,1-3H3. The molecule has 0 saturated carbocycles. The molecule has 0 N–H and O–H groups in total. The lowest BCUT2D eigenvalue weighted by Crippen LogP contribution is -2.12.